The molecule has 3 aromatic rings. The molecule has 1 saturated heterocycles. The van der Waals surface area contributed by atoms with Crippen LogP contribution < -0.4 is 0 Å². The van der Waals surface area contributed by atoms with Gasteiger partial charge in [-0.25, -0.2) is 0 Å². The molecular weight excluding hydrogens is 390 g/mol. The van der Waals surface area contributed by atoms with Crippen molar-refractivity contribution in [2.45, 2.75) is 31.6 Å². The Hall–Kier alpha value is -2.43. The summed E-state index contributed by atoms with van der Waals surface area (Å²) in [7, 11) is 0. The largest absolute Gasteiger partial charge is 0.465 e. The Labute approximate surface area is 183 Å². The molecule has 0 saturated carbocycles. The van der Waals surface area contributed by atoms with Gasteiger partial charge in [0.05, 0.1) is 12.0 Å². The number of hydrogen-bond donors (Lipinski definition) is 0. The quantitative estimate of drug-likeness (QED) is 0.470. The molecule has 1 aliphatic heterocycles. The standard InChI is InChI=1S/C26H29NO2S/c1-2-29-25(28)26(23-14-20-30-24(23)22-11-7-4-8-12-22)15-18-27(19-16-26)17-13-21-9-5-3-6-10-21/h3-12,14,20H,2,13,15-19H2,1H3. The van der Waals surface area contributed by atoms with E-state index in [1.165, 1.54) is 16.0 Å². The Bertz CT molecular complexity index is 943. The van der Waals surface area contributed by atoms with Gasteiger partial charge < -0.3 is 9.64 Å². The lowest BCUT2D eigenvalue weighted by molar-refractivity contribution is -0.152. The number of piperidine rings is 1. The van der Waals surface area contributed by atoms with Crippen molar-refractivity contribution in [2.75, 3.05) is 26.2 Å². The molecule has 0 N–H and O–H groups in total. The maximum Gasteiger partial charge on any atom is 0.316 e. The van der Waals surface area contributed by atoms with E-state index in [1.807, 2.05) is 13.0 Å². The van der Waals surface area contributed by atoms with Crippen LogP contribution in [0.25, 0.3) is 10.4 Å². The third-order valence-corrected chi connectivity index (χ3v) is 7.12. The zero-order valence-corrected chi connectivity index (χ0v) is 18.4. The summed E-state index contributed by atoms with van der Waals surface area (Å²) in [5.74, 6) is -0.0664. The van der Waals surface area contributed by atoms with Gasteiger partial charge >= 0.3 is 5.97 Å². The molecule has 0 radical (unpaired) electrons. The Morgan fingerprint density at radius 1 is 1.00 bits per heavy atom. The van der Waals surface area contributed by atoms with Crippen LogP contribution >= 0.6 is 11.3 Å². The first-order valence-electron chi connectivity index (χ1n) is 10.8. The van der Waals surface area contributed by atoms with E-state index in [2.05, 4.69) is 70.9 Å². The van der Waals surface area contributed by atoms with Crippen molar-refractivity contribution >= 4 is 17.3 Å². The van der Waals surface area contributed by atoms with Crippen LogP contribution in [0.4, 0.5) is 0 Å². The van der Waals surface area contributed by atoms with Gasteiger partial charge in [0.25, 0.3) is 0 Å². The number of nitrogens with zero attached hydrogens (tertiary/aromatic N) is 1. The van der Waals surface area contributed by atoms with Crippen molar-refractivity contribution in [1.82, 2.24) is 4.90 Å². The van der Waals surface area contributed by atoms with Crippen LogP contribution in [0.2, 0.25) is 0 Å². The van der Waals surface area contributed by atoms with Crippen molar-refractivity contribution in [3.8, 4) is 10.4 Å². The average Bonchev–Trinajstić information content (AvgIpc) is 3.30. The van der Waals surface area contributed by atoms with Crippen molar-refractivity contribution < 1.29 is 9.53 Å². The smallest absolute Gasteiger partial charge is 0.316 e. The van der Waals surface area contributed by atoms with E-state index in [9.17, 15) is 4.79 Å². The minimum Gasteiger partial charge on any atom is -0.465 e. The third kappa shape index (κ3) is 4.35. The van der Waals surface area contributed by atoms with Gasteiger partial charge in [0, 0.05) is 11.4 Å². The summed E-state index contributed by atoms with van der Waals surface area (Å²) < 4.78 is 5.61. The van der Waals surface area contributed by atoms with E-state index in [0.717, 1.165) is 44.5 Å². The molecule has 156 valence electrons. The fourth-order valence-electron chi connectivity index (χ4n) is 4.44. The Morgan fingerprint density at radius 3 is 2.33 bits per heavy atom. The van der Waals surface area contributed by atoms with E-state index < -0.39 is 5.41 Å². The molecule has 0 atom stereocenters. The van der Waals surface area contributed by atoms with E-state index >= 15 is 0 Å². The van der Waals surface area contributed by atoms with Gasteiger partial charge in [-0.1, -0.05) is 60.7 Å². The number of carbonyl (C=O) groups is 1. The minimum absolute atomic E-state index is 0.0664. The van der Waals surface area contributed by atoms with Gasteiger partial charge in [-0.15, -0.1) is 11.3 Å². The Kier molecular flexibility index (Phi) is 6.66. The molecule has 2 heterocycles. The van der Waals surface area contributed by atoms with Crippen LogP contribution in [0.3, 0.4) is 0 Å². The monoisotopic (exact) mass is 419 g/mol. The molecule has 4 rings (SSSR count). The number of ether oxygens (including phenoxy) is 1. The van der Waals surface area contributed by atoms with Crippen LogP contribution in [0.15, 0.2) is 72.1 Å². The summed E-state index contributed by atoms with van der Waals surface area (Å²) in [5, 5.41) is 2.11. The number of carbonyl (C=O) groups excluding carboxylic acids is 1. The predicted molar refractivity (Wildman–Crippen MR) is 124 cm³/mol. The molecule has 4 heteroatoms. The zero-order chi connectivity index (χ0) is 20.8. The van der Waals surface area contributed by atoms with Crippen molar-refractivity contribution in [3.63, 3.8) is 0 Å². The van der Waals surface area contributed by atoms with Crippen LogP contribution in [0, 0.1) is 0 Å². The summed E-state index contributed by atoms with van der Waals surface area (Å²) in [6.45, 7) is 5.17. The summed E-state index contributed by atoms with van der Waals surface area (Å²) in [4.78, 5) is 16.9. The average molecular weight is 420 g/mol. The molecule has 0 aliphatic carbocycles. The fraction of sp³-hybridized carbons (Fsp3) is 0.346. The van der Waals surface area contributed by atoms with E-state index in [-0.39, 0.29) is 5.97 Å². The van der Waals surface area contributed by atoms with Gasteiger partial charge in [-0.05, 0) is 67.4 Å². The highest BCUT2D eigenvalue weighted by Gasteiger charge is 2.46. The first kappa shape index (κ1) is 20.8. The summed E-state index contributed by atoms with van der Waals surface area (Å²) in [6, 6.07) is 23.2. The first-order valence-corrected chi connectivity index (χ1v) is 11.7. The molecule has 3 nitrogen and oxygen atoms in total. The Morgan fingerprint density at radius 2 is 1.67 bits per heavy atom. The number of esters is 1. The molecule has 0 bridgehead atoms. The topological polar surface area (TPSA) is 29.5 Å². The zero-order valence-electron chi connectivity index (χ0n) is 17.5. The van der Waals surface area contributed by atoms with E-state index in [1.54, 1.807) is 11.3 Å². The maximum absolute atomic E-state index is 13.3. The Balaban J connectivity index is 1.54. The molecule has 1 aromatic heterocycles. The van der Waals surface area contributed by atoms with E-state index in [0.29, 0.717) is 6.61 Å². The second-order valence-corrected chi connectivity index (χ2v) is 8.83. The van der Waals surface area contributed by atoms with Gasteiger partial charge in [-0.3, -0.25) is 4.79 Å². The van der Waals surface area contributed by atoms with Gasteiger partial charge in [0.2, 0.25) is 0 Å². The predicted octanol–water partition coefficient (Wildman–Crippen LogP) is 5.55. The summed E-state index contributed by atoms with van der Waals surface area (Å²) in [6.07, 6.45) is 2.65. The molecule has 30 heavy (non-hydrogen) atoms. The minimum atomic E-state index is -0.551. The van der Waals surface area contributed by atoms with Crippen LogP contribution in [0.5, 0.6) is 0 Å². The lowest BCUT2D eigenvalue weighted by Crippen LogP contribution is -2.48. The van der Waals surface area contributed by atoms with E-state index in [4.69, 9.17) is 4.74 Å². The number of thiophene rings is 1. The van der Waals surface area contributed by atoms with Gasteiger partial charge in [0.1, 0.15) is 0 Å². The molecule has 0 unspecified atom stereocenters. The number of rotatable bonds is 7. The summed E-state index contributed by atoms with van der Waals surface area (Å²) >= 11 is 1.72. The lowest BCUT2D eigenvalue weighted by Gasteiger charge is -2.40. The molecule has 0 amide bonds. The second-order valence-electron chi connectivity index (χ2n) is 7.91. The molecule has 1 aliphatic rings. The second kappa shape index (κ2) is 9.59. The SMILES string of the molecule is CCOC(=O)C1(c2ccsc2-c2ccccc2)CCN(CCc2ccccc2)CC1. The van der Waals surface area contributed by atoms with Crippen LogP contribution in [0.1, 0.15) is 30.9 Å². The van der Waals surface area contributed by atoms with Crippen molar-refractivity contribution in [3.05, 3.63) is 83.2 Å². The van der Waals surface area contributed by atoms with Gasteiger partial charge in [0.15, 0.2) is 0 Å². The van der Waals surface area contributed by atoms with Crippen molar-refractivity contribution in [2.24, 2.45) is 0 Å². The summed E-state index contributed by atoms with van der Waals surface area (Å²) in [5.41, 5.74) is 3.13. The highest BCUT2D eigenvalue weighted by Crippen LogP contribution is 2.44. The van der Waals surface area contributed by atoms with Crippen molar-refractivity contribution in [1.29, 1.82) is 0 Å². The molecular formula is C26H29NO2S. The molecule has 0 spiro atoms. The number of likely N-dealkylation sites (tertiary alicyclic amines) is 1. The highest BCUT2D eigenvalue weighted by molar-refractivity contribution is 7.13. The van der Waals surface area contributed by atoms with Crippen LogP contribution in [-0.2, 0) is 21.4 Å². The maximum atomic E-state index is 13.3. The molecule has 1 fully saturated rings. The highest BCUT2D eigenvalue weighted by atomic mass is 32.1. The normalized spacial score (nSPS) is 16.3. The fourth-order valence-corrected chi connectivity index (χ4v) is 5.44. The first-order chi connectivity index (χ1) is 14.7. The third-order valence-electron chi connectivity index (χ3n) is 6.15. The molecule has 2 aromatic carbocycles. The van der Waals surface area contributed by atoms with Crippen LogP contribution in [-0.4, -0.2) is 37.1 Å². The lowest BCUT2D eigenvalue weighted by atomic mass is 9.72. The van der Waals surface area contributed by atoms with Gasteiger partial charge in [-0.2, -0.15) is 0 Å². The number of benzene rings is 2. The number of hydrogen-bond acceptors (Lipinski definition) is 4.